The van der Waals surface area contributed by atoms with Crippen molar-refractivity contribution in [3.63, 3.8) is 0 Å². The van der Waals surface area contributed by atoms with Crippen molar-refractivity contribution in [1.82, 2.24) is 10.3 Å². The smallest absolute Gasteiger partial charge is 0.171 e. The molecule has 1 atom stereocenters. The summed E-state index contributed by atoms with van der Waals surface area (Å²) in [5.74, 6) is -0.254. The first-order valence-electron chi connectivity index (χ1n) is 6.31. The van der Waals surface area contributed by atoms with Crippen molar-refractivity contribution < 1.29 is 4.39 Å². The van der Waals surface area contributed by atoms with E-state index in [9.17, 15) is 4.39 Å². The Labute approximate surface area is 123 Å². The minimum Gasteiger partial charge on any atom is -0.354 e. The zero-order valence-electron chi connectivity index (χ0n) is 11.4. The van der Waals surface area contributed by atoms with E-state index >= 15 is 0 Å². The molecule has 0 saturated carbocycles. The lowest BCUT2D eigenvalue weighted by Crippen LogP contribution is -2.31. The van der Waals surface area contributed by atoms with Gasteiger partial charge in [-0.3, -0.25) is 4.98 Å². The average Bonchev–Trinajstić information content (AvgIpc) is 2.44. The number of nitrogens with one attached hydrogen (secondary N) is 2. The third-order valence-corrected chi connectivity index (χ3v) is 3.13. The third kappa shape index (κ3) is 3.74. The van der Waals surface area contributed by atoms with Gasteiger partial charge in [-0.2, -0.15) is 0 Å². The van der Waals surface area contributed by atoms with Crippen LogP contribution in [0.5, 0.6) is 0 Å². The van der Waals surface area contributed by atoms with E-state index in [2.05, 4.69) is 15.6 Å². The molecule has 0 aliphatic rings. The van der Waals surface area contributed by atoms with E-state index in [0.717, 1.165) is 5.69 Å². The van der Waals surface area contributed by atoms with Crippen LogP contribution in [-0.4, -0.2) is 10.1 Å². The van der Waals surface area contributed by atoms with Crippen LogP contribution >= 0.6 is 12.2 Å². The second-order valence-corrected chi connectivity index (χ2v) is 4.95. The lowest BCUT2D eigenvalue weighted by Gasteiger charge is -2.16. The van der Waals surface area contributed by atoms with Crippen LogP contribution in [0.15, 0.2) is 42.6 Å². The van der Waals surface area contributed by atoms with Crippen LogP contribution in [0, 0.1) is 12.7 Å². The van der Waals surface area contributed by atoms with Crippen molar-refractivity contribution >= 4 is 23.0 Å². The highest BCUT2D eigenvalue weighted by Crippen LogP contribution is 2.14. The highest BCUT2D eigenvalue weighted by Gasteiger charge is 2.08. The SMILES string of the molecule is Cc1ccc(NC(=S)N[C@@H](C)c2ccccn2)cc1F. The van der Waals surface area contributed by atoms with Gasteiger partial charge in [0.05, 0.1) is 11.7 Å². The number of hydrogen-bond acceptors (Lipinski definition) is 2. The number of nitrogens with zero attached hydrogens (tertiary/aromatic N) is 1. The first-order valence-corrected chi connectivity index (χ1v) is 6.71. The Bertz CT molecular complexity index is 601. The molecule has 0 unspecified atom stereocenters. The Hall–Kier alpha value is -2.01. The molecule has 0 bridgehead atoms. The molecule has 0 radical (unpaired) electrons. The number of aryl methyl sites for hydroxylation is 1. The second kappa shape index (κ2) is 6.43. The van der Waals surface area contributed by atoms with Gasteiger partial charge in [-0.05, 0) is 55.9 Å². The molecule has 2 aromatic rings. The van der Waals surface area contributed by atoms with E-state index in [4.69, 9.17) is 12.2 Å². The van der Waals surface area contributed by atoms with Crippen molar-refractivity contribution in [3.8, 4) is 0 Å². The van der Waals surface area contributed by atoms with E-state index in [1.807, 2.05) is 25.1 Å². The maximum Gasteiger partial charge on any atom is 0.171 e. The summed E-state index contributed by atoms with van der Waals surface area (Å²) in [5.41, 5.74) is 2.13. The number of hydrogen-bond donors (Lipinski definition) is 2. The lowest BCUT2D eigenvalue weighted by atomic mass is 10.2. The highest BCUT2D eigenvalue weighted by atomic mass is 32.1. The average molecular weight is 289 g/mol. The zero-order valence-corrected chi connectivity index (χ0v) is 12.2. The van der Waals surface area contributed by atoms with Gasteiger partial charge in [0.25, 0.3) is 0 Å². The lowest BCUT2D eigenvalue weighted by molar-refractivity contribution is 0.619. The molecule has 0 fully saturated rings. The number of rotatable bonds is 3. The molecule has 0 aliphatic carbocycles. The van der Waals surface area contributed by atoms with E-state index in [-0.39, 0.29) is 11.9 Å². The Kier molecular flexibility index (Phi) is 4.63. The van der Waals surface area contributed by atoms with Crippen LogP contribution in [0.1, 0.15) is 24.2 Å². The van der Waals surface area contributed by atoms with Crippen LogP contribution in [0.2, 0.25) is 0 Å². The van der Waals surface area contributed by atoms with Crippen LogP contribution in [0.3, 0.4) is 0 Å². The van der Waals surface area contributed by atoms with Crippen molar-refractivity contribution in [1.29, 1.82) is 0 Å². The molecule has 2 N–H and O–H groups in total. The number of anilines is 1. The van der Waals surface area contributed by atoms with Gasteiger partial charge in [0.15, 0.2) is 5.11 Å². The molecule has 0 aliphatic heterocycles. The summed E-state index contributed by atoms with van der Waals surface area (Å²) in [4.78, 5) is 4.25. The highest BCUT2D eigenvalue weighted by molar-refractivity contribution is 7.80. The number of pyridine rings is 1. The Morgan fingerprint density at radius 3 is 2.75 bits per heavy atom. The summed E-state index contributed by atoms with van der Waals surface area (Å²) in [6.45, 7) is 3.69. The Morgan fingerprint density at radius 2 is 2.10 bits per heavy atom. The molecule has 20 heavy (non-hydrogen) atoms. The Balaban J connectivity index is 1.97. The fraction of sp³-hybridized carbons (Fsp3) is 0.200. The molecule has 104 valence electrons. The number of thiocarbonyl (C=S) groups is 1. The number of halogens is 1. The van der Waals surface area contributed by atoms with Crippen molar-refractivity contribution in [2.24, 2.45) is 0 Å². The van der Waals surface area contributed by atoms with Gasteiger partial charge in [0, 0.05) is 11.9 Å². The molecule has 0 saturated heterocycles. The van der Waals surface area contributed by atoms with Crippen molar-refractivity contribution in [2.45, 2.75) is 19.9 Å². The summed E-state index contributed by atoms with van der Waals surface area (Å²) < 4.78 is 13.4. The zero-order chi connectivity index (χ0) is 14.5. The Morgan fingerprint density at radius 1 is 1.30 bits per heavy atom. The first kappa shape index (κ1) is 14.4. The van der Waals surface area contributed by atoms with Crippen LogP contribution in [0.25, 0.3) is 0 Å². The molecule has 3 nitrogen and oxygen atoms in total. The van der Waals surface area contributed by atoms with Gasteiger partial charge in [-0.25, -0.2) is 4.39 Å². The number of benzene rings is 1. The van der Waals surface area contributed by atoms with Crippen LogP contribution in [0.4, 0.5) is 10.1 Å². The van der Waals surface area contributed by atoms with E-state index < -0.39 is 0 Å². The van der Waals surface area contributed by atoms with Gasteiger partial charge in [-0.15, -0.1) is 0 Å². The minimum absolute atomic E-state index is 0.0218. The third-order valence-electron chi connectivity index (χ3n) is 2.91. The molecule has 0 spiro atoms. The molecule has 1 aromatic heterocycles. The standard InChI is InChI=1S/C15H16FN3S/c1-10-6-7-12(9-13(10)16)19-15(20)18-11(2)14-5-3-4-8-17-14/h3-9,11H,1-2H3,(H2,18,19,20)/t11-/m0/s1. The van der Waals surface area contributed by atoms with E-state index in [1.54, 1.807) is 25.3 Å². The fourth-order valence-electron chi connectivity index (χ4n) is 1.74. The van der Waals surface area contributed by atoms with Crippen molar-refractivity contribution in [3.05, 3.63) is 59.7 Å². The predicted molar refractivity (Wildman–Crippen MR) is 83.1 cm³/mol. The van der Waals surface area contributed by atoms with Crippen LogP contribution < -0.4 is 10.6 Å². The van der Waals surface area contributed by atoms with E-state index in [0.29, 0.717) is 16.4 Å². The van der Waals surface area contributed by atoms with Gasteiger partial charge < -0.3 is 10.6 Å². The molecule has 2 rings (SSSR count). The van der Waals surface area contributed by atoms with Crippen molar-refractivity contribution in [2.75, 3.05) is 5.32 Å². The quantitative estimate of drug-likeness (QED) is 0.847. The monoisotopic (exact) mass is 289 g/mol. The molecule has 5 heteroatoms. The predicted octanol–water partition coefficient (Wildman–Crippen LogP) is 3.58. The topological polar surface area (TPSA) is 37.0 Å². The summed E-state index contributed by atoms with van der Waals surface area (Å²) in [6, 6.07) is 10.6. The first-order chi connectivity index (χ1) is 9.56. The van der Waals surface area contributed by atoms with Gasteiger partial charge in [0.1, 0.15) is 5.82 Å². The van der Waals surface area contributed by atoms with Crippen LogP contribution in [-0.2, 0) is 0 Å². The molecule has 0 amide bonds. The molecular weight excluding hydrogens is 273 g/mol. The number of aromatic nitrogens is 1. The summed E-state index contributed by atoms with van der Waals surface area (Å²) in [7, 11) is 0. The second-order valence-electron chi connectivity index (χ2n) is 4.54. The molecule has 1 heterocycles. The fourth-order valence-corrected chi connectivity index (χ4v) is 2.04. The summed E-state index contributed by atoms with van der Waals surface area (Å²) in [5, 5.41) is 6.51. The normalized spacial score (nSPS) is 11.8. The molecular formula is C15H16FN3S. The van der Waals surface area contributed by atoms with Gasteiger partial charge in [0.2, 0.25) is 0 Å². The molecule has 1 aromatic carbocycles. The summed E-state index contributed by atoms with van der Waals surface area (Å²) >= 11 is 5.22. The van der Waals surface area contributed by atoms with Gasteiger partial charge in [-0.1, -0.05) is 12.1 Å². The van der Waals surface area contributed by atoms with E-state index in [1.165, 1.54) is 6.07 Å². The maximum atomic E-state index is 13.4. The maximum absolute atomic E-state index is 13.4. The van der Waals surface area contributed by atoms with Gasteiger partial charge >= 0.3 is 0 Å². The summed E-state index contributed by atoms with van der Waals surface area (Å²) in [6.07, 6.45) is 1.74. The minimum atomic E-state index is -0.254. The largest absolute Gasteiger partial charge is 0.354 e.